The highest BCUT2D eigenvalue weighted by atomic mass is 127. The molecule has 1 heterocycles. The highest BCUT2D eigenvalue weighted by molar-refractivity contribution is 14.0. The molecule has 0 amide bonds. The normalized spacial score (nSPS) is 11.6. The van der Waals surface area contributed by atoms with Crippen molar-refractivity contribution >= 4 is 29.9 Å². The molecular formula is C19H24F3IN4O. The maximum absolute atomic E-state index is 12.1. The Balaban J connectivity index is 0.00000392. The quantitative estimate of drug-likeness (QED) is 0.321. The van der Waals surface area contributed by atoms with Crippen molar-refractivity contribution in [2.24, 2.45) is 4.99 Å². The molecule has 154 valence electrons. The molecule has 0 radical (unpaired) electrons. The Kier molecular flexibility index (Phi) is 10.8. The van der Waals surface area contributed by atoms with Gasteiger partial charge in [0, 0.05) is 12.7 Å². The smallest absolute Gasteiger partial charge is 0.367 e. The van der Waals surface area contributed by atoms with Crippen molar-refractivity contribution in [2.75, 3.05) is 13.2 Å². The third kappa shape index (κ3) is 9.88. The predicted octanol–water partition coefficient (Wildman–Crippen LogP) is 4.03. The number of halogens is 4. The number of nitrogens with zero attached hydrogens (tertiary/aromatic N) is 2. The first kappa shape index (κ1) is 24.2. The summed E-state index contributed by atoms with van der Waals surface area (Å²) < 4.78 is 40.9. The van der Waals surface area contributed by atoms with Crippen LogP contribution < -0.4 is 10.6 Å². The molecule has 0 aliphatic carbocycles. The van der Waals surface area contributed by atoms with Crippen molar-refractivity contribution < 1.29 is 17.9 Å². The molecule has 28 heavy (non-hydrogen) atoms. The monoisotopic (exact) mass is 508 g/mol. The van der Waals surface area contributed by atoms with E-state index in [1.54, 1.807) is 18.3 Å². The number of aliphatic imine (C=N–C) groups is 1. The summed E-state index contributed by atoms with van der Waals surface area (Å²) in [5.41, 5.74) is 2.54. The van der Waals surface area contributed by atoms with Gasteiger partial charge in [-0.05, 0) is 30.2 Å². The minimum Gasteiger partial charge on any atom is -0.367 e. The van der Waals surface area contributed by atoms with Crippen LogP contribution in [-0.2, 0) is 24.4 Å². The van der Waals surface area contributed by atoms with Crippen molar-refractivity contribution in [3.05, 3.63) is 65.5 Å². The number of nitrogens with one attached hydrogen (secondary N) is 2. The van der Waals surface area contributed by atoms with Crippen LogP contribution in [0.25, 0.3) is 0 Å². The van der Waals surface area contributed by atoms with E-state index in [1.807, 2.05) is 37.3 Å². The third-order valence-electron chi connectivity index (χ3n) is 3.48. The summed E-state index contributed by atoms with van der Waals surface area (Å²) in [5, 5.41) is 6.37. The molecule has 9 heteroatoms. The second kappa shape index (κ2) is 12.6. The number of ether oxygens (including phenoxy) is 1. The lowest BCUT2D eigenvalue weighted by atomic mass is 10.1. The molecular weight excluding hydrogens is 484 g/mol. The number of alkyl halides is 3. The molecule has 5 nitrogen and oxygen atoms in total. The second-order valence-electron chi connectivity index (χ2n) is 5.79. The summed E-state index contributed by atoms with van der Waals surface area (Å²) in [6.07, 6.45) is -2.57. The molecule has 1 aromatic heterocycles. The fraction of sp³-hybridized carbons (Fsp3) is 0.368. The fourth-order valence-electron chi connectivity index (χ4n) is 2.21. The topological polar surface area (TPSA) is 58.5 Å². The van der Waals surface area contributed by atoms with Gasteiger partial charge < -0.3 is 15.4 Å². The van der Waals surface area contributed by atoms with E-state index in [4.69, 9.17) is 0 Å². The highest BCUT2D eigenvalue weighted by Gasteiger charge is 2.27. The van der Waals surface area contributed by atoms with Gasteiger partial charge in [0.2, 0.25) is 0 Å². The summed E-state index contributed by atoms with van der Waals surface area (Å²) in [7, 11) is 0. The molecule has 0 unspecified atom stereocenters. The van der Waals surface area contributed by atoms with Gasteiger partial charge >= 0.3 is 6.18 Å². The standard InChI is InChI=1S/C19H23F3N4O.HI/c1-2-23-18(26-12-17-5-3-4-10-24-17)25-11-15-6-8-16(9-7-15)13-27-14-19(20,21)22;/h3-10H,2,11-14H2,1H3,(H2,23,25,26);1H. The Morgan fingerprint density at radius 1 is 1.07 bits per heavy atom. The summed E-state index contributed by atoms with van der Waals surface area (Å²) in [6.45, 7) is 2.39. The van der Waals surface area contributed by atoms with Gasteiger partial charge in [0.15, 0.2) is 5.96 Å². The van der Waals surface area contributed by atoms with E-state index in [0.717, 1.165) is 17.8 Å². The van der Waals surface area contributed by atoms with Crippen LogP contribution in [0.15, 0.2) is 53.7 Å². The Bertz CT molecular complexity index is 709. The predicted molar refractivity (Wildman–Crippen MR) is 113 cm³/mol. The zero-order valence-corrected chi connectivity index (χ0v) is 17.8. The van der Waals surface area contributed by atoms with Crippen LogP contribution in [0.2, 0.25) is 0 Å². The van der Waals surface area contributed by atoms with Crippen molar-refractivity contribution in [2.45, 2.75) is 32.8 Å². The number of hydrogen-bond acceptors (Lipinski definition) is 3. The summed E-state index contributed by atoms with van der Waals surface area (Å²) in [6, 6.07) is 12.9. The molecule has 0 bridgehead atoms. The van der Waals surface area contributed by atoms with Crippen LogP contribution in [0, 0.1) is 0 Å². The number of pyridine rings is 1. The molecule has 0 saturated carbocycles. The van der Waals surface area contributed by atoms with Crippen molar-refractivity contribution in [1.29, 1.82) is 0 Å². The molecule has 0 aliphatic rings. The van der Waals surface area contributed by atoms with Crippen LogP contribution in [0.4, 0.5) is 13.2 Å². The number of benzene rings is 1. The molecule has 2 aromatic rings. The molecule has 0 saturated heterocycles. The zero-order valence-electron chi connectivity index (χ0n) is 15.5. The average molecular weight is 508 g/mol. The average Bonchev–Trinajstić information content (AvgIpc) is 2.65. The summed E-state index contributed by atoms with van der Waals surface area (Å²) in [4.78, 5) is 8.76. The molecule has 0 spiro atoms. The van der Waals surface area contributed by atoms with E-state index in [9.17, 15) is 13.2 Å². The largest absolute Gasteiger partial charge is 0.411 e. The van der Waals surface area contributed by atoms with Crippen LogP contribution in [0.3, 0.4) is 0 Å². The van der Waals surface area contributed by atoms with Gasteiger partial charge in [-0.3, -0.25) is 4.98 Å². The van der Waals surface area contributed by atoms with Gasteiger partial charge in [-0.2, -0.15) is 13.2 Å². The molecule has 0 atom stereocenters. The molecule has 2 N–H and O–H groups in total. The lowest BCUT2D eigenvalue weighted by molar-refractivity contribution is -0.176. The maximum Gasteiger partial charge on any atom is 0.411 e. The first-order valence-electron chi connectivity index (χ1n) is 8.60. The van der Waals surface area contributed by atoms with E-state index in [0.29, 0.717) is 24.6 Å². The Labute approximate surface area is 179 Å². The molecule has 0 fully saturated rings. The van der Waals surface area contributed by atoms with Gasteiger partial charge in [-0.15, -0.1) is 24.0 Å². The van der Waals surface area contributed by atoms with Crippen LogP contribution in [0.5, 0.6) is 0 Å². The second-order valence-corrected chi connectivity index (χ2v) is 5.79. The fourth-order valence-corrected chi connectivity index (χ4v) is 2.21. The Hall–Kier alpha value is -1.88. The summed E-state index contributed by atoms with van der Waals surface area (Å²) in [5.74, 6) is 0.667. The van der Waals surface area contributed by atoms with E-state index in [2.05, 4.69) is 25.3 Å². The Morgan fingerprint density at radius 2 is 1.79 bits per heavy atom. The van der Waals surface area contributed by atoms with Crippen molar-refractivity contribution in [3.63, 3.8) is 0 Å². The van der Waals surface area contributed by atoms with E-state index in [-0.39, 0.29) is 30.6 Å². The number of aromatic nitrogens is 1. The molecule has 2 rings (SSSR count). The number of guanidine groups is 1. The maximum atomic E-state index is 12.1. The first-order chi connectivity index (χ1) is 13.0. The minimum absolute atomic E-state index is 0. The first-order valence-corrected chi connectivity index (χ1v) is 8.60. The lowest BCUT2D eigenvalue weighted by Crippen LogP contribution is -2.36. The summed E-state index contributed by atoms with van der Waals surface area (Å²) >= 11 is 0. The van der Waals surface area contributed by atoms with Crippen LogP contribution >= 0.6 is 24.0 Å². The van der Waals surface area contributed by atoms with Crippen LogP contribution in [-0.4, -0.2) is 30.3 Å². The van der Waals surface area contributed by atoms with Crippen LogP contribution in [0.1, 0.15) is 23.7 Å². The van der Waals surface area contributed by atoms with Crippen molar-refractivity contribution in [3.8, 4) is 0 Å². The van der Waals surface area contributed by atoms with Gasteiger partial charge in [0.1, 0.15) is 6.61 Å². The van der Waals surface area contributed by atoms with E-state index in [1.165, 1.54) is 0 Å². The van der Waals surface area contributed by atoms with Gasteiger partial charge in [-0.1, -0.05) is 30.3 Å². The highest BCUT2D eigenvalue weighted by Crippen LogP contribution is 2.16. The third-order valence-corrected chi connectivity index (χ3v) is 3.48. The number of hydrogen-bond donors (Lipinski definition) is 2. The Morgan fingerprint density at radius 3 is 2.39 bits per heavy atom. The molecule has 0 aliphatic heterocycles. The van der Waals surface area contributed by atoms with Gasteiger partial charge in [-0.25, -0.2) is 4.99 Å². The SMILES string of the molecule is CCNC(=NCc1ccc(COCC(F)(F)F)cc1)NCc1ccccn1.I. The van der Waals surface area contributed by atoms with E-state index < -0.39 is 12.8 Å². The molecule has 1 aromatic carbocycles. The van der Waals surface area contributed by atoms with Crippen molar-refractivity contribution in [1.82, 2.24) is 15.6 Å². The van der Waals surface area contributed by atoms with E-state index >= 15 is 0 Å². The zero-order chi connectivity index (χ0) is 19.5. The lowest BCUT2D eigenvalue weighted by Gasteiger charge is -2.11. The van der Waals surface area contributed by atoms with Gasteiger partial charge in [0.25, 0.3) is 0 Å². The van der Waals surface area contributed by atoms with Gasteiger partial charge in [0.05, 0.1) is 25.4 Å². The number of rotatable bonds is 8. The minimum atomic E-state index is -4.31.